The number of hydrogen-bond acceptors (Lipinski definition) is 1. The summed E-state index contributed by atoms with van der Waals surface area (Å²) in [6.07, 6.45) is 8.26. The molecule has 0 spiro atoms. The first-order valence-electron chi connectivity index (χ1n) is 5.02. The van der Waals surface area contributed by atoms with Gasteiger partial charge in [-0.05, 0) is 25.7 Å². The van der Waals surface area contributed by atoms with E-state index in [0.29, 0.717) is 6.61 Å². The maximum absolute atomic E-state index is 8.52. The molecule has 0 unspecified atom stereocenters. The third kappa shape index (κ3) is 5.21. The van der Waals surface area contributed by atoms with Crippen LogP contribution in [-0.4, -0.2) is 11.7 Å². The van der Waals surface area contributed by atoms with Gasteiger partial charge < -0.3 is 5.11 Å². The van der Waals surface area contributed by atoms with Crippen LogP contribution in [0.2, 0.25) is 0 Å². The summed E-state index contributed by atoms with van der Waals surface area (Å²) in [6, 6.07) is 0. The topological polar surface area (TPSA) is 20.2 Å². The van der Waals surface area contributed by atoms with Gasteiger partial charge in [-0.1, -0.05) is 18.8 Å². The molecular formula is C11H18O. The standard InChI is InChI=1S/C11H18O/c12-10-6-4-2-1-3-5-7-11-8-9-11/h11-12H,1-4,6,8-10H2. The molecule has 1 aliphatic rings. The van der Waals surface area contributed by atoms with E-state index < -0.39 is 0 Å². The molecule has 0 aliphatic heterocycles. The Morgan fingerprint density at radius 1 is 1.08 bits per heavy atom. The van der Waals surface area contributed by atoms with Crippen LogP contribution in [0.5, 0.6) is 0 Å². The van der Waals surface area contributed by atoms with Crippen LogP contribution in [0.1, 0.15) is 44.9 Å². The van der Waals surface area contributed by atoms with E-state index in [1.165, 1.54) is 25.7 Å². The van der Waals surface area contributed by atoms with Crippen molar-refractivity contribution >= 4 is 0 Å². The second-order valence-electron chi connectivity index (χ2n) is 3.48. The van der Waals surface area contributed by atoms with Gasteiger partial charge in [0.1, 0.15) is 0 Å². The fourth-order valence-electron chi connectivity index (χ4n) is 1.12. The fourth-order valence-corrected chi connectivity index (χ4v) is 1.12. The highest BCUT2D eigenvalue weighted by Gasteiger charge is 2.17. The first-order chi connectivity index (χ1) is 5.93. The number of aliphatic hydroxyl groups excluding tert-OH is 1. The Balaban J connectivity index is 1.79. The molecule has 1 N–H and O–H groups in total. The SMILES string of the molecule is OCCCCCCC#CC1CC1. The Morgan fingerprint density at radius 2 is 1.83 bits per heavy atom. The quantitative estimate of drug-likeness (QED) is 0.491. The average molecular weight is 166 g/mol. The largest absolute Gasteiger partial charge is 0.396 e. The maximum atomic E-state index is 8.52. The van der Waals surface area contributed by atoms with Gasteiger partial charge in [0.25, 0.3) is 0 Å². The Kier molecular flexibility index (Phi) is 4.87. The molecule has 0 aromatic carbocycles. The minimum absolute atomic E-state index is 0.341. The first kappa shape index (κ1) is 9.61. The molecule has 1 aliphatic carbocycles. The molecule has 1 nitrogen and oxygen atoms in total. The van der Waals surface area contributed by atoms with Crippen LogP contribution in [0.25, 0.3) is 0 Å². The second-order valence-corrected chi connectivity index (χ2v) is 3.48. The number of unbranched alkanes of at least 4 members (excludes halogenated alkanes) is 4. The lowest BCUT2D eigenvalue weighted by atomic mass is 10.1. The minimum atomic E-state index is 0.341. The van der Waals surface area contributed by atoms with E-state index in [-0.39, 0.29) is 0 Å². The van der Waals surface area contributed by atoms with Gasteiger partial charge in [-0.2, -0.15) is 0 Å². The van der Waals surface area contributed by atoms with Crippen LogP contribution in [0.3, 0.4) is 0 Å². The molecule has 1 fully saturated rings. The van der Waals surface area contributed by atoms with Crippen molar-refractivity contribution in [2.75, 3.05) is 6.61 Å². The van der Waals surface area contributed by atoms with Gasteiger partial charge >= 0.3 is 0 Å². The summed E-state index contributed by atoms with van der Waals surface area (Å²) >= 11 is 0. The predicted octanol–water partition coefficient (Wildman–Crippen LogP) is 2.34. The highest BCUT2D eigenvalue weighted by Crippen LogP contribution is 2.27. The van der Waals surface area contributed by atoms with Gasteiger partial charge in [0.15, 0.2) is 0 Å². The fraction of sp³-hybridized carbons (Fsp3) is 0.818. The van der Waals surface area contributed by atoms with E-state index in [2.05, 4.69) is 11.8 Å². The zero-order valence-electron chi connectivity index (χ0n) is 7.68. The smallest absolute Gasteiger partial charge is 0.0431 e. The predicted molar refractivity (Wildman–Crippen MR) is 50.7 cm³/mol. The van der Waals surface area contributed by atoms with Crippen LogP contribution in [0, 0.1) is 17.8 Å². The maximum Gasteiger partial charge on any atom is 0.0431 e. The monoisotopic (exact) mass is 166 g/mol. The van der Waals surface area contributed by atoms with Crippen molar-refractivity contribution in [3.8, 4) is 11.8 Å². The van der Waals surface area contributed by atoms with Crippen molar-refractivity contribution in [3.05, 3.63) is 0 Å². The van der Waals surface area contributed by atoms with Gasteiger partial charge in [-0.15, -0.1) is 5.92 Å². The van der Waals surface area contributed by atoms with E-state index in [0.717, 1.165) is 25.2 Å². The molecule has 1 heteroatoms. The van der Waals surface area contributed by atoms with Crippen LogP contribution in [0.15, 0.2) is 0 Å². The average Bonchev–Trinajstić information content (AvgIpc) is 2.87. The zero-order valence-corrected chi connectivity index (χ0v) is 7.68. The molecule has 0 amide bonds. The highest BCUT2D eigenvalue weighted by molar-refractivity contribution is 5.08. The molecule has 12 heavy (non-hydrogen) atoms. The number of rotatable bonds is 5. The number of aliphatic hydroxyl groups is 1. The second kappa shape index (κ2) is 6.08. The van der Waals surface area contributed by atoms with Crippen LogP contribution >= 0.6 is 0 Å². The van der Waals surface area contributed by atoms with Crippen molar-refractivity contribution in [1.29, 1.82) is 0 Å². The molecule has 1 saturated carbocycles. The Labute approximate surface area is 75.2 Å². The van der Waals surface area contributed by atoms with Gasteiger partial charge in [0.05, 0.1) is 0 Å². The minimum Gasteiger partial charge on any atom is -0.396 e. The summed E-state index contributed by atoms with van der Waals surface area (Å²) in [5.74, 6) is 7.21. The lowest BCUT2D eigenvalue weighted by molar-refractivity contribution is 0.282. The van der Waals surface area contributed by atoms with E-state index >= 15 is 0 Å². The molecule has 0 radical (unpaired) electrons. The van der Waals surface area contributed by atoms with Crippen molar-refractivity contribution in [2.45, 2.75) is 44.9 Å². The summed E-state index contributed by atoms with van der Waals surface area (Å²) in [5, 5.41) is 8.52. The van der Waals surface area contributed by atoms with Crippen molar-refractivity contribution in [2.24, 2.45) is 5.92 Å². The van der Waals surface area contributed by atoms with Crippen LogP contribution in [-0.2, 0) is 0 Å². The van der Waals surface area contributed by atoms with Crippen LogP contribution < -0.4 is 0 Å². The molecule has 0 aromatic heterocycles. The molecule has 1 rings (SSSR count). The number of hydrogen-bond donors (Lipinski definition) is 1. The van der Waals surface area contributed by atoms with Gasteiger partial charge in [-0.25, -0.2) is 0 Å². The van der Waals surface area contributed by atoms with Crippen molar-refractivity contribution in [3.63, 3.8) is 0 Å². The molecule has 0 bridgehead atoms. The molecule has 0 atom stereocenters. The lowest BCUT2D eigenvalue weighted by Crippen LogP contribution is -1.82. The first-order valence-corrected chi connectivity index (χ1v) is 5.02. The van der Waals surface area contributed by atoms with Crippen molar-refractivity contribution in [1.82, 2.24) is 0 Å². The molecule has 68 valence electrons. The third-order valence-electron chi connectivity index (χ3n) is 2.09. The third-order valence-corrected chi connectivity index (χ3v) is 2.09. The Hall–Kier alpha value is -0.480. The molecular weight excluding hydrogens is 148 g/mol. The van der Waals surface area contributed by atoms with Gasteiger partial charge in [0, 0.05) is 18.9 Å². The van der Waals surface area contributed by atoms with Gasteiger partial charge in [0.2, 0.25) is 0 Å². The van der Waals surface area contributed by atoms with Gasteiger partial charge in [-0.3, -0.25) is 0 Å². The Bertz CT molecular complexity index is 160. The summed E-state index contributed by atoms with van der Waals surface area (Å²) in [6.45, 7) is 0.341. The van der Waals surface area contributed by atoms with Crippen molar-refractivity contribution < 1.29 is 5.11 Å². The van der Waals surface area contributed by atoms with E-state index in [4.69, 9.17) is 5.11 Å². The van der Waals surface area contributed by atoms with E-state index in [1.54, 1.807) is 0 Å². The normalized spacial score (nSPS) is 15.4. The van der Waals surface area contributed by atoms with E-state index in [1.807, 2.05) is 0 Å². The molecule has 0 heterocycles. The Morgan fingerprint density at radius 3 is 2.50 bits per heavy atom. The van der Waals surface area contributed by atoms with Crippen LogP contribution in [0.4, 0.5) is 0 Å². The summed E-state index contributed by atoms with van der Waals surface area (Å²) in [5.41, 5.74) is 0. The summed E-state index contributed by atoms with van der Waals surface area (Å²) < 4.78 is 0. The van der Waals surface area contributed by atoms with E-state index in [9.17, 15) is 0 Å². The summed E-state index contributed by atoms with van der Waals surface area (Å²) in [7, 11) is 0. The molecule has 0 aromatic rings. The highest BCUT2D eigenvalue weighted by atomic mass is 16.2. The summed E-state index contributed by atoms with van der Waals surface area (Å²) in [4.78, 5) is 0. The molecule has 0 saturated heterocycles. The lowest BCUT2D eigenvalue weighted by Gasteiger charge is -1.93. The zero-order chi connectivity index (χ0) is 8.65.